The molecule has 3 rings (SSSR count). The van der Waals surface area contributed by atoms with Gasteiger partial charge in [0.25, 0.3) is 0 Å². The van der Waals surface area contributed by atoms with Gasteiger partial charge in [0.15, 0.2) is 5.82 Å². The molecule has 0 aliphatic carbocycles. The maximum absolute atomic E-state index is 5.74. The highest BCUT2D eigenvalue weighted by Gasteiger charge is 2.22. The number of aromatic nitrogens is 3. The molecule has 0 saturated carbocycles. The Labute approximate surface area is 124 Å². The molecule has 0 aliphatic heterocycles. The van der Waals surface area contributed by atoms with Crippen LogP contribution in [0.15, 0.2) is 42.6 Å². The van der Waals surface area contributed by atoms with E-state index in [-0.39, 0.29) is 5.54 Å². The average molecular weight is 280 g/mol. The van der Waals surface area contributed by atoms with Crippen LogP contribution >= 0.6 is 0 Å². The Morgan fingerprint density at radius 3 is 2.57 bits per heavy atom. The lowest BCUT2D eigenvalue weighted by Crippen LogP contribution is -2.22. The van der Waals surface area contributed by atoms with Crippen LogP contribution in [0.5, 0.6) is 0 Å². The maximum Gasteiger partial charge on any atom is 0.160 e. The van der Waals surface area contributed by atoms with Crippen LogP contribution in [0, 0.1) is 0 Å². The largest absolute Gasteiger partial charge is 0.326 e. The standard InChI is InChI=1S/C17H20N4/c1-17(2,3)21-15-8-7-12(11-18)10-14(15)20-16(21)13-6-4-5-9-19-13/h4-10H,11,18H2,1-3H3. The Hall–Kier alpha value is -2.20. The molecule has 108 valence electrons. The molecule has 0 aliphatic rings. The zero-order chi connectivity index (χ0) is 15.0. The van der Waals surface area contributed by atoms with Crippen LogP contribution in [0.1, 0.15) is 26.3 Å². The number of nitrogens with zero attached hydrogens (tertiary/aromatic N) is 3. The Morgan fingerprint density at radius 1 is 1.14 bits per heavy atom. The lowest BCUT2D eigenvalue weighted by atomic mass is 10.1. The van der Waals surface area contributed by atoms with Crippen molar-refractivity contribution in [3.63, 3.8) is 0 Å². The number of hydrogen-bond acceptors (Lipinski definition) is 3. The molecule has 0 unspecified atom stereocenters. The minimum absolute atomic E-state index is 0.0775. The van der Waals surface area contributed by atoms with Crippen molar-refractivity contribution in [2.75, 3.05) is 0 Å². The van der Waals surface area contributed by atoms with Crippen molar-refractivity contribution >= 4 is 11.0 Å². The van der Waals surface area contributed by atoms with Gasteiger partial charge in [-0.15, -0.1) is 0 Å². The van der Waals surface area contributed by atoms with Gasteiger partial charge >= 0.3 is 0 Å². The van der Waals surface area contributed by atoms with Gasteiger partial charge in [0.05, 0.1) is 11.0 Å². The highest BCUT2D eigenvalue weighted by atomic mass is 15.1. The first-order valence-corrected chi connectivity index (χ1v) is 7.14. The van der Waals surface area contributed by atoms with Crippen molar-refractivity contribution < 1.29 is 0 Å². The fraction of sp³-hybridized carbons (Fsp3) is 0.294. The van der Waals surface area contributed by atoms with E-state index in [1.165, 1.54) is 0 Å². The summed E-state index contributed by atoms with van der Waals surface area (Å²) in [5.41, 5.74) is 9.71. The van der Waals surface area contributed by atoms with Gasteiger partial charge in [0.2, 0.25) is 0 Å². The molecular formula is C17H20N4. The van der Waals surface area contributed by atoms with Gasteiger partial charge in [0.1, 0.15) is 5.69 Å². The molecule has 0 bridgehead atoms. The lowest BCUT2D eigenvalue weighted by molar-refractivity contribution is 0.412. The Balaban J connectivity index is 2.33. The van der Waals surface area contributed by atoms with E-state index in [4.69, 9.17) is 10.7 Å². The topological polar surface area (TPSA) is 56.7 Å². The molecular weight excluding hydrogens is 260 g/mol. The fourth-order valence-corrected chi connectivity index (χ4v) is 2.60. The van der Waals surface area contributed by atoms with Gasteiger partial charge in [-0.3, -0.25) is 4.98 Å². The van der Waals surface area contributed by atoms with Crippen molar-refractivity contribution in [2.45, 2.75) is 32.9 Å². The van der Waals surface area contributed by atoms with Crippen molar-refractivity contribution in [1.82, 2.24) is 14.5 Å². The molecule has 1 aromatic carbocycles. The molecule has 4 nitrogen and oxygen atoms in total. The summed E-state index contributed by atoms with van der Waals surface area (Å²) in [4.78, 5) is 9.26. The summed E-state index contributed by atoms with van der Waals surface area (Å²) in [5.74, 6) is 0.896. The van der Waals surface area contributed by atoms with Gasteiger partial charge in [-0.2, -0.15) is 0 Å². The van der Waals surface area contributed by atoms with Crippen molar-refractivity contribution in [2.24, 2.45) is 5.73 Å². The first-order chi connectivity index (χ1) is 10.0. The summed E-state index contributed by atoms with van der Waals surface area (Å²) in [7, 11) is 0. The molecule has 2 aromatic heterocycles. The maximum atomic E-state index is 5.74. The second-order valence-electron chi connectivity index (χ2n) is 6.18. The number of imidazole rings is 1. The van der Waals surface area contributed by atoms with Crippen molar-refractivity contribution in [1.29, 1.82) is 0 Å². The zero-order valence-corrected chi connectivity index (χ0v) is 12.7. The number of pyridine rings is 1. The van der Waals surface area contributed by atoms with E-state index in [9.17, 15) is 0 Å². The highest BCUT2D eigenvalue weighted by molar-refractivity contribution is 5.81. The SMILES string of the molecule is CC(C)(C)n1c(-c2ccccn2)nc2cc(CN)ccc21. The average Bonchev–Trinajstić information content (AvgIpc) is 2.86. The molecule has 0 spiro atoms. The summed E-state index contributed by atoms with van der Waals surface area (Å²) < 4.78 is 2.24. The summed E-state index contributed by atoms with van der Waals surface area (Å²) in [6.45, 7) is 7.06. The summed E-state index contributed by atoms with van der Waals surface area (Å²) in [5, 5.41) is 0. The van der Waals surface area contributed by atoms with E-state index < -0.39 is 0 Å². The zero-order valence-electron chi connectivity index (χ0n) is 12.7. The van der Waals surface area contributed by atoms with Gasteiger partial charge < -0.3 is 10.3 Å². The van der Waals surface area contributed by atoms with Crippen LogP contribution in [0.4, 0.5) is 0 Å². The molecule has 0 atom stereocenters. The van der Waals surface area contributed by atoms with Crippen molar-refractivity contribution in [3.8, 4) is 11.5 Å². The summed E-state index contributed by atoms with van der Waals surface area (Å²) >= 11 is 0. The number of rotatable bonds is 2. The molecule has 3 aromatic rings. The van der Waals surface area contributed by atoms with Crippen LogP contribution in [0.25, 0.3) is 22.6 Å². The Kier molecular flexibility index (Phi) is 3.26. The smallest absolute Gasteiger partial charge is 0.160 e. The molecule has 21 heavy (non-hydrogen) atoms. The monoisotopic (exact) mass is 280 g/mol. The van der Waals surface area contributed by atoms with Gasteiger partial charge in [-0.05, 0) is 50.6 Å². The molecule has 0 amide bonds. The van der Waals surface area contributed by atoms with E-state index in [0.717, 1.165) is 28.1 Å². The molecule has 0 fully saturated rings. The van der Waals surface area contributed by atoms with E-state index in [0.29, 0.717) is 6.54 Å². The third kappa shape index (κ3) is 2.43. The number of hydrogen-bond donors (Lipinski definition) is 1. The van der Waals surface area contributed by atoms with E-state index >= 15 is 0 Å². The van der Waals surface area contributed by atoms with E-state index in [2.05, 4.69) is 48.5 Å². The van der Waals surface area contributed by atoms with Gasteiger partial charge in [0, 0.05) is 18.3 Å². The number of nitrogens with two attached hydrogens (primary N) is 1. The lowest BCUT2D eigenvalue weighted by Gasteiger charge is -2.24. The molecule has 2 N–H and O–H groups in total. The van der Waals surface area contributed by atoms with E-state index in [1.54, 1.807) is 6.20 Å². The Morgan fingerprint density at radius 2 is 1.95 bits per heavy atom. The summed E-state index contributed by atoms with van der Waals surface area (Å²) in [6.07, 6.45) is 1.80. The number of fused-ring (bicyclic) bond motifs is 1. The second-order valence-corrected chi connectivity index (χ2v) is 6.18. The second kappa shape index (κ2) is 4.97. The number of benzene rings is 1. The first kappa shape index (κ1) is 13.8. The normalized spacial score (nSPS) is 12.0. The fourth-order valence-electron chi connectivity index (χ4n) is 2.60. The minimum atomic E-state index is -0.0775. The first-order valence-electron chi connectivity index (χ1n) is 7.14. The van der Waals surface area contributed by atoms with Crippen LogP contribution in [-0.2, 0) is 12.1 Å². The molecule has 4 heteroatoms. The summed E-state index contributed by atoms with van der Waals surface area (Å²) in [6, 6.07) is 12.1. The van der Waals surface area contributed by atoms with Crippen LogP contribution in [0.3, 0.4) is 0 Å². The highest BCUT2D eigenvalue weighted by Crippen LogP contribution is 2.30. The minimum Gasteiger partial charge on any atom is -0.326 e. The van der Waals surface area contributed by atoms with Crippen molar-refractivity contribution in [3.05, 3.63) is 48.2 Å². The predicted octanol–water partition coefficient (Wildman–Crippen LogP) is 3.31. The van der Waals surface area contributed by atoms with E-state index in [1.807, 2.05) is 18.2 Å². The quantitative estimate of drug-likeness (QED) is 0.783. The molecule has 2 heterocycles. The van der Waals surface area contributed by atoms with Crippen LogP contribution in [-0.4, -0.2) is 14.5 Å². The van der Waals surface area contributed by atoms with Gasteiger partial charge in [-0.1, -0.05) is 12.1 Å². The van der Waals surface area contributed by atoms with Gasteiger partial charge in [-0.25, -0.2) is 4.98 Å². The third-order valence-electron chi connectivity index (χ3n) is 3.52. The predicted molar refractivity (Wildman–Crippen MR) is 85.9 cm³/mol. The molecule has 0 radical (unpaired) electrons. The molecule has 0 saturated heterocycles. The third-order valence-corrected chi connectivity index (χ3v) is 3.52. The van der Waals surface area contributed by atoms with Crippen LogP contribution in [0.2, 0.25) is 0 Å². The Bertz CT molecular complexity index is 767. The van der Waals surface area contributed by atoms with Crippen LogP contribution < -0.4 is 5.73 Å².